The van der Waals surface area contributed by atoms with Crippen LogP contribution >= 0.6 is 0 Å². The Morgan fingerprint density at radius 3 is 1.84 bits per heavy atom. The highest BCUT2D eigenvalue weighted by Crippen LogP contribution is 2.40. The van der Waals surface area contributed by atoms with Crippen molar-refractivity contribution in [3.8, 4) is 40.1 Å². The van der Waals surface area contributed by atoms with Crippen LogP contribution < -0.4 is 10.2 Å². The van der Waals surface area contributed by atoms with E-state index in [-0.39, 0.29) is 11.1 Å². The predicted octanol–water partition coefficient (Wildman–Crippen LogP) is -5.01. The predicted molar refractivity (Wildman–Crippen MR) is 204 cm³/mol. The van der Waals surface area contributed by atoms with Gasteiger partial charge < -0.3 is 119 Å². The van der Waals surface area contributed by atoms with Gasteiger partial charge in [-0.25, -0.2) is 0 Å². The molecule has 15 N–H and O–H groups in total. The Morgan fingerprint density at radius 1 is 0.562 bits per heavy atom. The lowest BCUT2D eigenvalue weighted by Gasteiger charge is -2.48. The van der Waals surface area contributed by atoms with E-state index in [1.807, 2.05) is 0 Å². The number of phenolic OH excluding ortho intramolecular Hbond substituents is 4. The molecule has 0 radical (unpaired) electrons. The molecule has 2 aromatic carbocycles. The zero-order valence-corrected chi connectivity index (χ0v) is 33.6. The lowest BCUT2D eigenvalue weighted by atomic mass is 9.96. The molecule has 4 saturated heterocycles. The van der Waals surface area contributed by atoms with Gasteiger partial charge in [0.2, 0.25) is 17.5 Å². The van der Waals surface area contributed by atoms with E-state index < -0.39 is 181 Å². The number of phenols is 4. The summed E-state index contributed by atoms with van der Waals surface area (Å²) >= 11 is 0. The van der Waals surface area contributed by atoms with E-state index in [1.165, 1.54) is 19.9 Å². The van der Waals surface area contributed by atoms with Crippen molar-refractivity contribution in [3.63, 3.8) is 0 Å². The van der Waals surface area contributed by atoms with E-state index in [1.54, 1.807) is 0 Å². The van der Waals surface area contributed by atoms with Gasteiger partial charge in [-0.2, -0.15) is 0 Å². The van der Waals surface area contributed by atoms with Crippen LogP contribution in [0, 0.1) is 0 Å². The number of aromatic hydroxyl groups is 4. The third-order valence-electron chi connectivity index (χ3n) is 11.5. The Morgan fingerprint density at radius 2 is 1.16 bits per heavy atom. The minimum atomic E-state index is -2.12. The van der Waals surface area contributed by atoms with Crippen molar-refractivity contribution >= 4 is 11.0 Å². The number of ether oxygens (including phenoxy) is 8. The molecule has 0 saturated carbocycles. The summed E-state index contributed by atoms with van der Waals surface area (Å²) in [6.45, 7) is 1.07. The molecule has 0 unspecified atom stereocenters. The number of aliphatic hydroxyl groups is 11. The van der Waals surface area contributed by atoms with Crippen molar-refractivity contribution in [2.75, 3.05) is 13.2 Å². The van der Waals surface area contributed by atoms with Crippen LogP contribution in [0.4, 0.5) is 0 Å². The van der Waals surface area contributed by atoms with Gasteiger partial charge in [0.25, 0.3) is 0 Å². The maximum absolute atomic E-state index is 14.1. The smallest absolute Gasteiger partial charge is 0.239 e. The van der Waals surface area contributed by atoms with Gasteiger partial charge in [0.1, 0.15) is 102 Å². The summed E-state index contributed by atoms with van der Waals surface area (Å²) < 4.78 is 51.5. The van der Waals surface area contributed by atoms with E-state index in [9.17, 15) is 81.4 Å². The molecule has 0 spiro atoms. The molecule has 25 heteroatoms. The average Bonchev–Trinajstić information content (AvgIpc) is 3.25. The van der Waals surface area contributed by atoms with Crippen LogP contribution in [0.3, 0.4) is 0 Å². The first kappa shape index (κ1) is 47.9. The van der Waals surface area contributed by atoms with Crippen LogP contribution in [-0.4, -0.2) is 213 Å². The van der Waals surface area contributed by atoms with E-state index in [2.05, 4.69) is 0 Å². The molecule has 4 aliphatic rings. The average molecular weight is 919 g/mol. The largest absolute Gasteiger partial charge is 0.508 e. The Hall–Kier alpha value is -4.07. The van der Waals surface area contributed by atoms with Crippen LogP contribution in [0.1, 0.15) is 13.8 Å². The zero-order valence-electron chi connectivity index (χ0n) is 33.6. The molecule has 0 amide bonds. The molecular weight excluding hydrogens is 868 g/mol. The van der Waals surface area contributed by atoms with Gasteiger partial charge in [0.15, 0.2) is 42.2 Å². The summed E-state index contributed by atoms with van der Waals surface area (Å²) in [5.41, 5.74) is -1.63. The molecule has 1 aromatic heterocycles. The second kappa shape index (κ2) is 19.0. The number of fused-ring (bicyclic) bond motifs is 1. The number of rotatable bonds is 11. The number of hydrogen-bond donors (Lipinski definition) is 15. The van der Waals surface area contributed by atoms with Gasteiger partial charge >= 0.3 is 0 Å². The number of aliphatic hydroxyl groups excluding tert-OH is 11. The van der Waals surface area contributed by atoms with Gasteiger partial charge in [-0.3, -0.25) is 4.79 Å². The molecule has 0 bridgehead atoms. The minimum absolute atomic E-state index is 0.125. The van der Waals surface area contributed by atoms with Crippen LogP contribution in [0.2, 0.25) is 0 Å². The molecule has 356 valence electrons. The number of benzene rings is 2. The van der Waals surface area contributed by atoms with Crippen LogP contribution in [0.5, 0.6) is 28.7 Å². The summed E-state index contributed by atoms with van der Waals surface area (Å²) in [5.74, 6) is -3.84. The third kappa shape index (κ3) is 9.06. The van der Waals surface area contributed by atoms with Crippen molar-refractivity contribution in [2.24, 2.45) is 0 Å². The van der Waals surface area contributed by atoms with Crippen molar-refractivity contribution in [3.05, 3.63) is 40.6 Å². The van der Waals surface area contributed by atoms with Gasteiger partial charge in [-0.15, -0.1) is 0 Å². The molecule has 25 nitrogen and oxygen atoms in total. The molecule has 0 aliphatic carbocycles. The lowest BCUT2D eigenvalue weighted by Crippen LogP contribution is -2.66. The fourth-order valence-electron chi connectivity index (χ4n) is 7.73. The molecule has 64 heavy (non-hydrogen) atoms. The summed E-state index contributed by atoms with van der Waals surface area (Å²) in [6.07, 6.45) is -35.6. The first-order valence-electron chi connectivity index (χ1n) is 19.9. The summed E-state index contributed by atoms with van der Waals surface area (Å²) in [5, 5.41) is 158. The monoisotopic (exact) mass is 918 g/mol. The maximum Gasteiger partial charge on any atom is 0.239 e. The standard InChI is InChI=1S/C39H50O25/c1-10-21(45)26(50)29(53)36(57-10)56-9-19-24(48)27(51)30(54)37(61-19)62-33-22(46)11(2)58-38(31(33)55)64-35-28(52)23(47)18(8-40)60-39(35)63-34-25(49)20-16(44)6-13(41)7-17(20)59-32(34)12-3-4-14(42)15(43)5-12/h3-7,10-11,18-19,21-24,26-31,33,35-48,50-55H,8-9H2,1-2H3/t10-,11-,18+,19+,21-,22-,23+,24+,26+,27-,28-,29+,30+,31+,33+,35+,36+,37-,38-,39-/m0/s1. The lowest BCUT2D eigenvalue weighted by molar-refractivity contribution is -0.380. The fraction of sp³-hybridized carbons (Fsp3) is 0.615. The molecule has 4 fully saturated rings. The van der Waals surface area contributed by atoms with Gasteiger partial charge in [0.05, 0.1) is 25.4 Å². The van der Waals surface area contributed by atoms with Crippen molar-refractivity contribution < 1.29 is 119 Å². The van der Waals surface area contributed by atoms with Crippen LogP contribution in [0.15, 0.2) is 39.5 Å². The SMILES string of the molecule is C[C@@H]1O[C@@H](OC[C@H]2O[C@@H](O[C@@H]3[C@@H](O)[C@H](C)O[C@@H](O[C@H]4[C@H](Oc5c(-c6ccc(O)c(O)c6)oc6cc(O)cc(O)c6c5=O)O[C@H](CO)[C@@H](O)[C@@H]4O)[C@@H]3O)[C@H](O)[C@@H](O)[C@@H]2O)[C@H](O)[C@H](O)[C@H]1O. The van der Waals surface area contributed by atoms with E-state index in [0.717, 1.165) is 24.3 Å². The fourth-order valence-corrected chi connectivity index (χ4v) is 7.73. The molecule has 7 rings (SSSR count). The Balaban J connectivity index is 1.15. The third-order valence-corrected chi connectivity index (χ3v) is 11.5. The van der Waals surface area contributed by atoms with E-state index in [4.69, 9.17) is 42.3 Å². The van der Waals surface area contributed by atoms with Crippen LogP contribution in [0.25, 0.3) is 22.3 Å². The maximum atomic E-state index is 14.1. The van der Waals surface area contributed by atoms with Crippen molar-refractivity contribution in [2.45, 2.75) is 137 Å². The first-order valence-corrected chi connectivity index (χ1v) is 19.9. The van der Waals surface area contributed by atoms with E-state index in [0.29, 0.717) is 0 Å². The summed E-state index contributed by atoms with van der Waals surface area (Å²) in [4.78, 5) is 14.1. The highest BCUT2D eigenvalue weighted by Gasteiger charge is 2.54. The number of hydrogen-bond acceptors (Lipinski definition) is 25. The normalized spacial score (nSPS) is 40.6. The molecule has 3 aromatic rings. The zero-order chi connectivity index (χ0) is 46.6. The Labute approximate surface area is 360 Å². The second-order valence-corrected chi connectivity index (χ2v) is 15.9. The van der Waals surface area contributed by atoms with Gasteiger partial charge in [0, 0.05) is 17.7 Å². The molecule has 4 aliphatic heterocycles. The van der Waals surface area contributed by atoms with Crippen molar-refractivity contribution in [1.82, 2.24) is 0 Å². The highest BCUT2D eigenvalue weighted by atomic mass is 16.8. The summed E-state index contributed by atoms with van der Waals surface area (Å²) in [6, 6.07) is 4.99. The Bertz CT molecular complexity index is 2150. The molecule has 5 heterocycles. The molecular formula is C39H50O25. The quantitative estimate of drug-likeness (QED) is 0.0801. The minimum Gasteiger partial charge on any atom is -0.508 e. The molecule has 20 atom stereocenters. The highest BCUT2D eigenvalue weighted by molar-refractivity contribution is 5.88. The van der Waals surface area contributed by atoms with Gasteiger partial charge in [-0.1, -0.05) is 0 Å². The Kier molecular flexibility index (Phi) is 14.2. The first-order chi connectivity index (χ1) is 30.2. The second-order valence-electron chi connectivity index (χ2n) is 15.9. The van der Waals surface area contributed by atoms with Gasteiger partial charge in [-0.05, 0) is 32.0 Å². The van der Waals surface area contributed by atoms with Crippen LogP contribution in [-0.2, 0) is 33.2 Å². The summed E-state index contributed by atoms with van der Waals surface area (Å²) in [7, 11) is 0. The van der Waals surface area contributed by atoms with E-state index >= 15 is 0 Å². The topological polar surface area (TPSA) is 408 Å². The van der Waals surface area contributed by atoms with Crippen molar-refractivity contribution in [1.29, 1.82) is 0 Å².